The number of fused-ring (bicyclic) bond motifs is 1. The van der Waals surface area contributed by atoms with Crippen LogP contribution < -0.4 is 0 Å². The van der Waals surface area contributed by atoms with Gasteiger partial charge in [0.2, 0.25) is 0 Å². The van der Waals surface area contributed by atoms with Crippen molar-refractivity contribution < 1.29 is 9.84 Å². The first kappa shape index (κ1) is 18.7. The van der Waals surface area contributed by atoms with Crippen LogP contribution in [0.25, 0.3) is 10.8 Å². The van der Waals surface area contributed by atoms with Gasteiger partial charge in [-0.2, -0.15) is 0 Å². The molecule has 3 aromatic carbocycles. The van der Waals surface area contributed by atoms with E-state index < -0.39 is 0 Å². The van der Waals surface area contributed by atoms with Crippen molar-refractivity contribution in [1.82, 2.24) is 4.90 Å². The van der Waals surface area contributed by atoms with E-state index in [1.165, 1.54) is 5.56 Å². The van der Waals surface area contributed by atoms with Crippen molar-refractivity contribution in [2.75, 3.05) is 26.3 Å². The fraction of sp³-hybridized carbons (Fsp3) is 0.292. The van der Waals surface area contributed by atoms with Crippen LogP contribution in [-0.4, -0.2) is 48.6 Å². The molecule has 0 aliphatic carbocycles. The molecule has 4 nitrogen and oxygen atoms in total. The lowest BCUT2D eigenvalue weighted by molar-refractivity contribution is 0.0119. The van der Waals surface area contributed by atoms with Gasteiger partial charge < -0.3 is 9.84 Å². The highest BCUT2D eigenvalue weighted by Gasteiger charge is 2.27. The SMILES string of the molecule is C[C@H](N=Cc1c(O)ccc2ccccc12)[C@H](c1ccccc1)N1CCOCC1. The van der Waals surface area contributed by atoms with Crippen molar-refractivity contribution in [3.05, 3.63) is 77.9 Å². The van der Waals surface area contributed by atoms with Gasteiger partial charge in [0.05, 0.1) is 25.3 Å². The van der Waals surface area contributed by atoms with Crippen LogP contribution in [0.2, 0.25) is 0 Å². The smallest absolute Gasteiger partial charge is 0.124 e. The molecule has 0 amide bonds. The van der Waals surface area contributed by atoms with E-state index in [0.717, 1.165) is 42.6 Å². The minimum absolute atomic E-state index is 0.0406. The number of phenols is 1. The first-order valence-electron chi connectivity index (χ1n) is 9.84. The van der Waals surface area contributed by atoms with Crippen LogP contribution in [0.15, 0.2) is 71.7 Å². The van der Waals surface area contributed by atoms with Crippen molar-refractivity contribution >= 4 is 17.0 Å². The second-order valence-electron chi connectivity index (χ2n) is 7.24. The van der Waals surface area contributed by atoms with E-state index in [4.69, 9.17) is 9.73 Å². The number of rotatable bonds is 5. The lowest BCUT2D eigenvalue weighted by atomic mass is 9.98. The zero-order valence-corrected chi connectivity index (χ0v) is 16.2. The highest BCUT2D eigenvalue weighted by atomic mass is 16.5. The molecule has 2 atom stereocenters. The zero-order valence-electron chi connectivity index (χ0n) is 16.2. The maximum Gasteiger partial charge on any atom is 0.124 e. The van der Waals surface area contributed by atoms with E-state index in [-0.39, 0.29) is 17.8 Å². The van der Waals surface area contributed by atoms with E-state index >= 15 is 0 Å². The summed E-state index contributed by atoms with van der Waals surface area (Å²) in [6, 6.07) is 22.5. The summed E-state index contributed by atoms with van der Waals surface area (Å²) in [6.45, 7) is 5.46. The van der Waals surface area contributed by atoms with Crippen molar-refractivity contribution in [2.45, 2.75) is 19.0 Å². The lowest BCUT2D eigenvalue weighted by Crippen LogP contribution is -2.42. The molecule has 1 aliphatic rings. The summed E-state index contributed by atoms with van der Waals surface area (Å²) in [5.41, 5.74) is 2.04. The molecule has 1 heterocycles. The lowest BCUT2D eigenvalue weighted by Gasteiger charge is -2.37. The Morgan fingerprint density at radius 2 is 1.68 bits per heavy atom. The van der Waals surface area contributed by atoms with Crippen LogP contribution in [0.1, 0.15) is 24.1 Å². The zero-order chi connectivity index (χ0) is 19.3. The van der Waals surface area contributed by atoms with Crippen molar-refractivity contribution in [1.29, 1.82) is 0 Å². The van der Waals surface area contributed by atoms with E-state index in [1.807, 2.05) is 36.5 Å². The predicted molar refractivity (Wildman–Crippen MR) is 114 cm³/mol. The van der Waals surface area contributed by atoms with Crippen molar-refractivity contribution in [3.63, 3.8) is 0 Å². The van der Waals surface area contributed by atoms with Gasteiger partial charge in [-0.05, 0) is 29.3 Å². The number of aliphatic imine (C=N–C) groups is 1. The Morgan fingerprint density at radius 3 is 2.46 bits per heavy atom. The normalized spacial score (nSPS) is 17.8. The summed E-state index contributed by atoms with van der Waals surface area (Å²) in [6.07, 6.45) is 1.83. The quantitative estimate of drug-likeness (QED) is 0.672. The number of phenolic OH excluding ortho intramolecular Hbond substituents is 1. The van der Waals surface area contributed by atoms with Gasteiger partial charge in [0.25, 0.3) is 0 Å². The van der Waals surface area contributed by atoms with Gasteiger partial charge in [0, 0.05) is 24.9 Å². The Hall–Kier alpha value is -2.69. The van der Waals surface area contributed by atoms with Crippen LogP contribution in [0.4, 0.5) is 0 Å². The largest absolute Gasteiger partial charge is 0.507 e. The number of ether oxygens (including phenoxy) is 1. The molecular formula is C24H26N2O2. The second-order valence-corrected chi connectivity index (χ2v) is 7.24. The fourth-order valence-electron chi connectivity index (χ4n) is 3.99. The highest BCUT2D eigenvalue weighted by molar-refractivity contribution is 6.02. The van der Waals surface area contributed by atoms with Gasteiger partial charge in [-0.1, -0.05) is 60.7 Å². The van der Waals surface area contributed by atoms with Gasteiger partial charge in [-0.15, -0.1) is 0 Å². The third-order valence-electron chi connectivity index (χ3n) is 5.42. The predicted octanol–water partition coefficient (Wildman–Crippen LogP) is 4.43. The van der Waals surface area contributed by atoms with Gasteiger partial charge in [-0.3, -0.25) is 9.89 Å². The summed E-state index contributed by atoms with van der Waals surface area (Å²) >= 11 is 0. The molecule has 0 saturated carbocycles. The average Bonchev–Trinajstić information content (AvgIpc) is 2.75. The maximum atomic E-state index is 10.4. The molecule has 4 heteroatoms. The molecule has 144 valence electrons. The Kier molecular flexibility index (Phi) is 5.70. The third kappa shape index (κ3) is 3.93. The molecule has 0 unspecified atom stereocenters. The van der Waals surface area contributed by atoms with Crippen LogP contribution in [0.3, 0.4) is 0 Å². The second kappa shape index (κ2) is 8.55. The molecule has 28 heavy (non-hydrogen) atoms. The summed E-state index contributed by atoms with van der Waals surface area (Å²) in [4.78, 5) is 7.34. The summed E-state index contributed by atoms with van der Waals surface area (Å²) in [5.74, 6) is 0.261. The molecule has 1 aliphatic heterocycles. The van der Waals surface area contributed by atoms with E-state index in [9.17, 15) is 5.11 Å². The maximum absolute atomic E-state index is 10.4. The first-order valence-corrected chi connectivity index (χ1v) is 9.84. The molecule has 0 aromatic heterocycles. The van der Waals surface area contributed by atoms with Crippen LogP contribution >= 0.6 is 0 Å². The van der Waals surface area contributed by atoms with Crippen LogP contribution in [0, 0.1) is 0 Å². The molecule has 1 N–H and O–H groups in total. The monoisotopic (exact) mass is 374 g/mol. The molecule has 0 radical (unpaired) electrons. The van der Waals surface area contributed by atoms with E-state index in [1.54, 1.807) is 6.07 Å². The Bertz CT molecular complexity index is 949. The molecule has 3 aromatic rings. The standard InChI is InChI=1S/C24H26N2O2/c1-18(24(20-8-3-2-4-9-20)26-13-15-28-16-14-26)25-17-22-21-10-6-5-7-19(21)11-12-23(22)27/h2-12,17-18,24,27H,13-16H2,1H3/t18-,24+/m0/s1. The number of benzene rings is 3. The van der Waals surface area contributed by atoms with Crippen molar-refractivity contribution in [2.24, 2.45) is 4.99 Å². The van der Waals surface area contributed by atoms with E-state index in [2.05, 4.69) is 42.2 Å². The minimum atomic E-state index is 0.0406. The highest BCUT2D eigenvalue weighted by Crippen LogP contribution is 2.29. The number of nitrogens with zero attached hydrogens (tertiary/aromatic N) is 2. The molecular weight excluding hydrogens is 348 g/mol. The Balaban J connectivity index is 1.66. The summed E-state index contributed by atoms with van der Waals surface area (Å²) in [7, 11) is 0. The molecule has 1 fully saturated rings. The van der Waals surface area contributed by atoms with Gasteiger partial charge >= 0.3 is 0 Å². The molecule has 0 bridgehead atoms. The number of hydrogen-bond donors (Lipinski definition) is 1. The fourth-order valence-corrected chi connectivity index (χ4v) is 3.99. The van der Waals surface area contributed by atoms with Crippen molar-refractivity contribution in [3.8, 4) is 5.75 Å². The van der Waals surface area contributed by atoms with Crippen LogP contribution in [0.5, 0.6) is 5.75 Å². The van der Waals surface area contributed by atoms with Crippen LogP contribution in [-0.2, 0) is 4.74 Å². The molecule has 4 rings (SSSR count). The average molecular weight is 374 g/mol. The van der Waals surface area contributed by atoms with Gasteiger partial charge in [-0.25, -0.2) is 0 Å². The number of hydrogen-bond acceptors (Lipinski definition) is 4. The number of morpholine rings is 1. The van der Waals surface area contributed by atoms with Gasteiger partial charge in [0.15, 0.2) is 0 Å². The third-order valence-corrected chi connectivity index (χ3v) is 5.42. The number of aromatic hydroxyl groups is 1. The molecule has 1 saturated heterocycles. The first-order chi connectivity index (χ1) is 13.7. The van der Waals surface area contributed by atoms with Gasteiger partial charge in [0.1, 0.15) is 5.75 Å². The van der Waals surface area contributed by atoms with E-state index in [0.29, 0.717) is 0 Å². The Labute approximate surface area is 166 Å². The summed E-state index contributed by atoms with van der Waals surface area (Å²) < 4.78 is 5.55. The topological polar surface area (TPSA) is 45.1 Å². The molecule has 0 spiro atoms. The summed E-state index contributed by atoms with van der Waals surface area (Å²) in [5, 5.41) is 12.5. The Morgan fingerprint density at radius 1 is 0.964 bits per heavy atom. The minimum Gasteiger partial charge on any atom is -0.507 e.